The van der Waals surface area contributed by atoms with Crippen LogP contribution in [0.25, 0.3) is 0 Å². The molecule has 8 heteroatoms. The molecule has 0 saturated carbocycles. The molecule has 1 N–H and O–H groups in total. The van der Waals surface area contributed by atoms with Crippen molar-refractivity contribution >= 4 is 17.1 Å². The van der Waals surface area contributed by atoms with E-state index in [0.717, 1.165) is 0 Å². The van der Waals surface area contributed by atoms with Gasteiger partial charge in [0, 0.05) is 13.1 Å². The molecule has 0 aliphatic rings. The number of hydrogen-bond acceptors (Lipinski definition) is 6. The van der Waals surface area contributed by atoms with Gasteiger partial charge in [-0.05, 0) is 18.2 Å². The van der Waals surface area contributed by atoms with E-state index in [0.29, 0.717) is 0 Å². The lowest BCUT2D eigenvalue weighted by atomic mass is 10.2. The molecule has 0 heterocycles. The number of benzene rings is 2. The minimum atomic E-state index is -0.608. The van der Waals surface area contributed by atoms with Gasteiger partial charge in [0.25, 0.3) is 0 Å². The number of nitrogens with zero attached hydrogens (tertiary/aromatic N) is 2. The van der Waals surface area contributed by atoms with Crippen LogP contribution in [0.2, 0.25) is 0 Å². The van der Waals surface area contributed by atoms with E-state index in [1.807, 2.05) is 0 Å². The number of para-hydroxylation sites is 3. The molecule has 0 atom stereocenters. The average Bonchev–Trinajstić information content (AvgIpc) is 2.47. The van der Waals surface area contributed by atoms with Crippen LogP contribution in [0.15, 0.2) is 42.5 Å². The van der Waals surface area contributed by atoms with Gasteiger partial charge in [-0.1, -0.05) is 18.2 Å². The van der Waals surface area contributed by atoms with Crippen molar-refractivity contribution in [1.29, 1.82) is 0 Å². The Bertz CT molecular complexity index is 702. The fourth-order valence-corrected chi connectivity index (χ4v) is 1.81. The molecule has 2 aromatic rings. The first-order valence-corrected chi connectivity index (χ1v) is 5.91. The third-order valence-corrected chi connectivity index (χ3v) is 2.73. The highest BCUT2D eigenvalue weighted by atomic mass is 16.6. The summed E-state index contributed by atoms with van der Waals surface area (Å²) in [4.78, 5) is 20.9. The van der Waals surface area contributed by atoms with Crippen molar-refractivity contribution in [2.75, 3.05) is 12.4 Å². The third-order valence-electron chi connectivity index (χ3n) is 2.73. The summed E-state index contributed by atoms with van der Waals surface area (Å²) in [5.74, 6) is -0.125. The first kappa shape index (κ1) is 14.3. The van der Waals surface area contributed by atoms with Crippen molar-refractivity contribution in [2.24, 2.45) is 0 Å². The van der Waals surface area contributed by atoms with Crippen LogP contribution in [0.5, 0.6) is 11.5 Å². The van der Waals surface area contributed by atoms with Crippen molar-refractivity contribution in [2.45, 2.75) is 0 Å². The van der Waals surface area contributed by atoms with Crippen LogP contribution in [0.3, 0.4) is 0 Å². The van der Waals surface area contributed by atoms with E-state index >= 15 is 0 Å². The first-order chi connectivity index (χ1) is 10.0. The van der Waals surface area contributed by atoms with Gasteiger partial charge in [0.1, 0.15) is 5.69 Å². The molecule has 2 rings (SSSR count). The van der Waals surface area contributed by atoms with E-state index in [4.69, 9.17) is 4.74 Å². The quantitative estimate of drug-likeness (QED) is 0.668. The highest BCUT2D eigenvalue weighted by molar-refractivity contribution is 5.69. The summed E-state index contributed by atoms with van der Waals surface area (Å²) in [5, 5.41) is 24.8. The maximum absolute atomic E-state index is 11.2. The Morgan fingerprint density at radius 3 is 2.24 bits per heavy atom. The molecule has 21 heavy (non-hydrogen) atoms. The maximum Gasteiger partial charge on any atom is 0.334 e. The van der Waals surface area contributed by atoms with Gasteiger partial charge in [0.2, 0.25) is 11.5 Å². The number of ether oxygens (including phenoxy) is 1. The fourth-order valence-electron chi connectivity index (χ4n) is 1.81. The van der Waals surface area contributed by atoms with Gasteiger partial charge in [0.15, 0.2) is 0 Å². The lowest BCUT2D eigenvalue weighted by molar-refractivity contribution is -0.387. The van der Waals surface area contributed by atoms with Gasteiger partial charge in [-0.15, -0.1) is 0 Å². The van der Waals surface area contributed by atoms with Crippen molar-refractivity contribution in [3.05, 3.63) is 62.7 Å². The van der Waals surface area contributed by atoms with E-state index in [2.05, 4.69) is 5.32 Å². The Hall–Kier alpha value is -3.16. The van der Waals surface area contributed by atoms with Crippen LogP contribution in [0.1, 0.15) is 0 Å². The zero-order chi connectivity index (χ0) is 15.4. The summed E-state index contributed by atoms with van der Waals surface area (Å²) < 4.78 is 5.38. The lowest BCUT2D eigenvalue weighted by Crippen LogP contribution is -2.00. The second kappa shape index (κ2) is 5.87. The van der Waals surface area contributed by atoms with Crippen LogP contribution >= 0.6 is 0 Å². The van der Waals surface area contributed by atoms with Crippen LogP contribution < -0.4 is 10.1 Å². The second-order valence-corrected chi connectivity index (χ2v) is 3.99. The molecular formula is C13H11N3O5. The summed E-state index contributed by atoms with van der Waals surface area (Å²) >= 11 is 0. The number of nitro groups is 2. The largest absolute Gasteiger partial charge is 0.443 e. The Morgan fingerprint density at radius 2 is 1.62 bits per heavy atom. The molecule has 0 aromatic heterocycles. The van der Waals surface area contributed by atoms with Crippen molar-refractivity contribution in [1.82, 2.24) is 0 Å². The van der Waals surface area contributed by atoms with Gasteiger partial charge in [-0.3, -0.25) is 20.2 Å². The zero-order valence-electron chi connectivity index (χ0n) is 11.0. The minimum absolute atomic E-state index is 0.0566. The maximum atomic E-state index is 11.2. The highest BCUT2D eigenvalue weighted by Gasteiger charge is 2.23. The molecule has 0 bridgehead atoms. The average molecular weight is 289 g/mol. The Balaban J connectivity index is 2.50. The topological polar surface area (TPSA) is 108 Å². The Morgan fingerprint density at radius 1 is 0.952 bits per heavy atom. The molecule has 8 nitrogen and oxygen atoms in total. The number of rotatable bonds is 5. The second-order valence-electron chi connectivity index (χ2n) is 3.99. The van der Waals surface area contributed by atoms with Gasteiger partial charge >= 0.3 is 11.4 Å². The monoisotopic (exact) mass is 289 g/mol. The predicted octanol–water partition coefficient (Wildman–Crippen LogP) is 3.34. The Labute approximate surface area is 119 Å². The SMILES string of the molecule is CNc1cccc(Oc2ccccc2[N+](=O)[O-])c1[N+](=O)[O-]. The van der Waals surface area contributed by atoms with Gasteiger partial charge in [-0.2, -0.15) is 0 Å². The number of nitro benzene ring substituents is 2. The summed E-state index contributed by atoms with van der Waals surface area (Å²) in [6.45, 7) is 0. The molecule has 0 saturated heterocycles. The molecule has 0 fully saturated rings. The molecule has 108 valence electrons. The van der Waals surface area contributed by atoms with E-state index in [9.17, 15) is 20.2 Å². The van der Waals surface area contributed by atoms with Gasteiger partial charge in [-0.25, -0.2) is 0 Å². The van der Waals surface area contributed by atoms with Crippen molar-refractivity contribution in [3.8, 4) is 11.5 Å². The van der Waals surface area contributed by atoms with Crippen LogP contribution in [-0.4, -0.2) is 16.9 Å². The first-order valence-electron chi connectivity index (χ1n) is 5.91. The van der Waals surface area contributed by atoms with Crippen LogP contribution in [-0.2, 0) is 0 Å². The molecule has 0 amide bonds. The predicted molar refractivity (Wildman–Crippen MR) is 75.8 cm³/mol. The third kappa shape index (κ3) is 2.89. The highest BCUT2D eigenvalue weighted by Crippen LogP contribution is 2.39. The van der Waals surface area contributed by atoms with Gasteiger partial charge < -0.3 is 10.1 Å². The smallest absolute Gasteiger partial charge is 0.334 e. The molecule has 0 aliphatic heterocycles. The molecule has 0 radical (unpaired) electrons. The molecule has 0 unspecified atom stereocenters. The molecular weight excluding hydrogens is 278 g/mol. The van der Waals surface area contributed by atoms with Crippen LogP contribution in [0.4, 0.5) is 17.1 Å². The van der Waals surface area contributed by atoms with Crippen molar-refractivity contribution < 1.29 is 14.6 Å². The van der Waals surface area contributed by atoms with E-state index in [1.54, 1.807) is 12.1 Å². The normalized spacial score (nSPS) is 9.95. The van der Waals surface area contributed by atoms with Crippen molar-refractivity contribution in [3.63, 3.8) is 0 Å². The summed E-state index contributed by atoms with van der Waals surface area (Å²) in [5.41, 5.74) is -0.282. The summed E-state index contributed by atoms with van der Waals surface area (Å²) in [7, 11) is 1.54. The fraction of sp³-hybridized carbons (Fsp3) is 0.0769. The molecule has 0 aliphatic carbocycles. The van der Waals surface area contributed by atoms with E-state index in [-0.39, 0.29) is 28.6 Å². The minimum Gasteiger partial charge on any atom is -0.443 e. The van der Waals surface area contributed by atoms with E-state index < -0.39 is 9.85 Å². The standard InChI is InChI=1S/C13H11N3O5/c1-14-9-5-4-8-12(13(9)16(19)20)21-11-7-3-2-6-10(11)15(17)18/h2-8,14H,1H3. The molecule has 0 spiro atoms. The van der Waals surface area contributed by atoms with Crippen LogP contribution in [0, 0.1) is 20.2 Å². The number of hydrogen-bond donors (Lipinski definition) is 1. The van der Waals surface area contributed by atoms with Gasteiger partial charge in [0.05, 0.1) is 9.85 Å². The number of anilines is 1. The zero-order valence-corrected chi connectivity index (χ0v) is 11.0. The summed E-state index contributed by atoms with van der Waals surface area (Å²) in [6.07, 6.45) is 0. The molecule has 2 aromatic carbocycles. The number of nitrogens with one attached hydrogen (secondary N) is 1. The Kier molecular flexibility index (Phi) is 3.98. The lowest BCUT2D eigenvalue weighted by Gasteiger charge is -2.09. The van der Waals surface area contributed by atoms with E-state index in [1.165, 1.54) is 37.4 Å². The summed E-state index contributed by atoms with van der Waals surface area (Å²) in [6, 6.07) is 10.2.